The summed E-state index contributed by atoms with van der Waals surface area (Å²) in [6.45, 7) is 3.75. The van der Waals surface area contributed by atoms with Crippen molar-refractivity contribution in [2.75, 3.05) is 5.75 Å². The maximum Gasteiger partial charge on any atom is 0.246 e. The van der Waals surface area contributed by atoms with Gasteiger partial charge in [-0.2, -0.15) is 0 Å². The minimum Gasteiger partial charge on any atom is -0.368 e. The lowest BCUT2D eigenvalue weighted by Gasteiger charge is -2.26. The van der Waals surface area contributed by atoms with Crippen molar-refractivity contribution in [3.63, 3.8) is 0 Å². The van der Waals surface area contributed by atoms with Crippen LogP contribution in [0.5, 0.6) is 0 Å². The molecule has 0 spiro atoms. The summed E-state index contributed by atoms with van der Waals surface area (Å²) in [5.41, 5.74) is 8.76. The molecule has 0 aliphatic rings. The Kier molecular flexibility index (Phi) is 7.04. The van der Waals surface area contributed by atoms with E-state index in [0.29, 0.717) is 25.7 Å². The summed E-state index contributed by atoms with van der Waals surface area (Å²) in [6, 6.07) is 4.51. The number of sulfone groups is 1. The number of ketones is 1. The lowest BCUT2D eigenvalue weighted by atomic mass is 9.94. The molecule has 0 aliphatic carbocycles. The van der Waals surface area contributed by atoms with E-state index in [9.17, 15) is 18.0 Å². The summed E-state index contributed by atoms with van der Waals surface area (Å²) in [4.78, 5) is 28.3. The Bertz CT molecular complexity index is 670. The Morgan fingerprint density at radius 2 is 1.79 bits per heavy atom. The number of aromatic nitrogens is 1. The molecule has 1 atom stereocenters. The van der Waals surface area contributed by atoms with Crippen LogP contribution in [0.1, 0.15) is 50.0 Å². The van der Waals surface area contributed by atoms with Gasteiger partial charge in [-0.05, 0) is 25.0 Å². The third kappa shape index (κ3) is 4.61. The lowest BCUT2D eigenvalue weighted by molar-refractivity contribution is -0.120. The van der Waals surface area contributed by atoms with Gasteiger partial charge in [-0.1, -0.05) is 32.8 Å². The molecule has 24 heavy (non-hydrogen) atoms. The van der Waals surface area contributed by atoms with Gasteiger partial charge < -0.3 is 11.5 Å². The fraction of sp³-hybridized carbons (Fsp3) is 0.562. The van der Waals surface area contributed by atoms with E-state index in [0.717, 1.165) is 0 Å². The molecule has 0 aromatic carbocycles. The molecule has 1 aromatic rings. The second-order valence-corrected chi connectivity index (χ2v) is 8.17. The molecule has 0 saturated heterocycles. The number of hydrogen-bond acceptors (Lipinski definition) is 6. The van der Waals surface area contributed by atoms with Gasteiger partial charge >= 0.3 is 0 Å². The molecule has 0 bridgehead atoms. The van der Waals surface area contributed by atoms with Crippen molar-refractivity contribution in [1.29, 1.82) is 0 Å². The predicted molar refractivity (Wildman–Crippen MR) is 92.1 cm³/mol. The Hall–Kier alpha value is -1.80. The van der Waals surface area contributed by atoms with Gasteiger partial charge in [-0.25, -0.2) is 8.42 Å². The van der Waals surface area contributed by atoms with Crippen LogP contribution in [0.3, 0.4) is 0 Å². The van der Waals surface area contributed by atoms with Crippen molar-refractivity contribution in [2.45, 2.75) is 50.3 Å². The van der Waals surface area contributed by atoms with E-state index in [4.69, 9.17) is 11.5 Å². The average Bonchev–Trinajstić information content (AvgIpc) is 2.54. The van der Waals surface area contributed by atoms with Crippen LogP contribution in [0.2, 0.25) is 0 Å². The van der Waals surface area contributed by atoms with Crippen molar-refractivity contribution >= 4 is 21.5 Å². The van der Waals surface area contributed by atoms with Gasteiger partial charge in [-0.15, -0.1) is 0 Å². The summed E-state index contributed by atoms with van der Waals surface area (Å²) in [5.74, 6) is -2.87. The Morgan fingerprint density at radius 1 is 1.21 bits per heavy atom. The van der Waals surface area contributed by atoms with Crippen molar-refractivity contribution in [1.82, 2.24) is 4.98 Å². The van der Waals surface area contributed by atoms with E-state index >= 15 is 0 Å². The third-order valence-corrected chi connectivity index (χ3v) is 6.25. The van der Waals surface area contributed by atoms with E-state index in [1.54, 1.807) is 12.1 Å². The highest BCUT2D eigenvalue weighted by atomic mass is 32.2. The molecule has 7 nitrogen and oxygen atoms in total. The van der Waals surface area contributed by atoms with E-state index < -0.39 is 38.1 Å². The fourth-order valence-corrected chi connectivity index (χ4v) is 4.89. The normalized spacial score (nSPS) is 14.3. The smallest absolute Gasteiger partial charge is 0.246 e. The zero-order chi connectivity index (χ0) is 18.4. The van der Waals surface area contributed by atoms with Crippen LogP contribution in [-0.2, 0) is 14.6 Å². The fourth-order valence-electron chi connectivity index (χ4n) is 2.56. The summed E-state index contributed by atoms with van der Waals surface area (Å²) in [6.07, 6.45) is 3.60. The molecular weight excluding hydrogens is 330 g/mol. The van der Waals surface area contributed by atoms with Gasteiger partial charge in [0.05, 0.1) is 11.0 Å². The van der Waals surface area contributed by atoms with Crippen LogP contribution in [-0.4, -0.2) is 41.6 Å². The van der Waals surface area contributed by atoms with E-state index in [2.05, 4.69) is 4.98 Å². The number of carbonyl (C=O) groups is 2. The largest absolute Gasteiger partial charge is 0.368 e. The van der Waals surface area contributed by atoms with E-state index in [1.165, 1.54) is 12.3 Å². The number of pyridine rings is 1. The van der Waals surface area contributed by atoms with Crippen LogP contribution in [0.25, 0.3) is 0 Å². The minimum atomic E-state index is -3.78. The highest BCUT2D eigenvalue weighted by molar-refractivity contribution is 7.92. The third-order valence-electron chi connectivity index (χ3n) is 3.90. The second kappa shape index (κ2) is 8.34. The van der Waals surface area contributed by atoms with Gasteiger partial charge in [0.2, 0.25) is 11.7 Å². The van der Waals surface area contributed by atoms with Gasteiger partial charge in [0.1, 0.15) is 5.69 Å². The number of carbonyl (C=O) groups excluding carboxylic acids is 2. The number of amides is 1. The Morgan fingerprint density at radius 3 is 2.21 bits per heavy atom. The van der Waals surface area contributed by atoms with Crippen molar-refractivity contribution < 1.29 is 18.0 Å². The second-order valence-electron chi connectivity index (χ2n) is 5.89. The summed E-state index contributed by atoms with van der Waals surface area (Å²) in [5, 5.41) is -0.647. The van der Waals surface area contributed by atoms with Crippen LogP contribution in [0.15, 0.2) is 24.4 Å². The first-order valence-electron chi connectivity index (χ1n) is 7.95. The van der Waals surface area contributed by atoms with Crippen molar-refractivity contribution in [3.8, 4) is 0 Å². The summed E-state index contributed by atoms with van der Waals surface area (Å²) >= 11 is 0. The summed E-state index contributed by atoms with van der Waals surface area (Å²) < 4.78 is 25.4. The summed E-state index contributed by atoms with van der Waals surface area (Å²) in [7, 11) is -3.78. The number of hydrogen-bond donors (Lipinski definition) is 2. The SMILES string of the molecule is CCCC(CCC)S(=O)(=O)C[C@](N)(C(N)=O)C(=O)c1ccccn1. The number of primary amides is 1. The molecule has 0 radical (unpaired) electrons. The Labute approximate surface area is 142 Å². The van der Waals surface area contributed by atoms with Crippen molar-refractivity contribution in [3.05, 3.63) is 30.1 Å². The number of nitrogens with zero attached hydrogens (tertiary/aromatic N) is 1. The topological polar surface area (TPSA) is 133 Å². The highest BCUT2D eigenvalue weighted by Gasteiger charge is 2.46. The standard InChI is InChI=1S/C16H25N3O4S/c1-3-7-12(8-4-2)24(22,23)11-16(18,15(17)21)14(20)13-9-5-6-10-19-13/h5-6,9-10,12H,3-4,7-8,11,18H2,1-2H3,(H2,17,21)/t16-/m1/s1. The van der Waals surface area contributed by atoms with Gasteiger partial charge in [0, 0.05) is 6.20 Å². The first-order valence-corrected chi connectivity index (χ1v) is 9.66. The predicted octanol–water partition coefficient (Wildman–Crippen LogP) is 0.831. The molecule has 0 aliphatic heterocycles. The maximum absolute atomic E-state index is 12.7. The van der Waals surface area contributed by atoms with Crippen LogP contribution >= 0.6 is 0 Å². The molecule has 4 N–H and O–H groups in total. The molecule has 134 valence electrons. The van der Waals surface area contributed by atoms with Crippen LogP contribution in [0.4, 0.5) is 0 Å². The van der Waals surface area contributed by atoms with E-state index in [-0.39, 0.29) is 5.69 Å². The number of Topliss-reactive ketones (excluding diaryl/α,β-unsaturated/α-hetero) is 1. The number of nitrogens with two attached hydrogens (primary N) is 2. The van der Waals surface area contributed by atoms with Crippen molar-refractivity contribution in [2.24, 2.45) is 11.5 Å². The lowest BCUT2D eigenvalue weighted by Crippen LogP contribution is -2.63. The quantitative estimate of drug-likeness (QED) is 0.472. The highest BCUT2D eigenvalue weighted by Crippen LogP contribution is 2.21. The monoisotopic (exact) mass is 355 g/mol. The zero-order valence-electron chi connectivity index (χ0n) is 14.1. The van der Waals surface area contributed by atoms with Gasteiger partial charge in [0.25, 0.3) is 0 Å². The molecule has 1 amide bonds. The average molecular weight is 355 g/mol. The molecule has 1 rings (SSSR count). The van der Waals surface area contributed by atoms with E-state index in [1.807, 2.05) is 13.8 Å². The van der Waals surface area contributed by atoms with Gasteiger partial charge in [-0.3, -0.25) is 14.6 Å². The molecule has 0 unspecified atom stereocenters. The zero-order valence-corrected chi connectivity index (χ0v) is 14.9. The number of rotatable bonds is 10. The molecule has 1 heterocycles. The molecular formula is C16H25N3O4S. The first-order chi connectivity index (χ1) is 11.2. The van der Waals surface area contributed by atoms with Crippen LogP contribution in [0, 0.1) is 0 Å². The molecule has 1 aromatic heterocycles. The van der Waals surface area contributed by atoms with Crippen LogP contribution < -0.4 is 11.5 Å². The molecule has 0 saturated carbocycles. The first kappa shape index (κ1) is 20.2. The Balaban J connectivity index is 3.20. The molecule has 8 heteroatoms. The molecule has 0 fully saturated rings. The maximum atomic E-state index is 12.7. The minimum absolute atomic E-state index is 0.0865. The van der Waals surface area contributed by atoms with Gasteiger partial charge in [0.15, 0.2) is 15.4 Å².